The summed E-state index contributed by atoms with van der Waals surface area (Å²) in [7, 11) is 3.98. The molecule has 3 N–H and O–H groups in total. The number of aromatic nitrogens is 6. The maximum atomic E-state index is 6.13. The normalized spacial score (nSPS) is 14.7. The van der Waals surface area contributed by atoms with Gasteiger partial charge in [-0.25, -0.2) is 9.67 Å². The molecule has 1 aliphatic rings. The first kappa shape index (κ1) is 23.1. The van der Waals surface area contributed by atoms with Crippen LogP contribution in [0.2, 0.25) is 0 Å². The zero-order chi connectivity index (χ0) is 24.5. The van der Waals surface area contributed by atoms with Crippen molar-refractivity contribution in [3.8, 4) is 5.69 Å². The second kappa shape index (κ2) is 9.53. The molecule has 0 bridgehead atoms. The van der Waals surface area contributed by atoms with Crippen molar-refractivity contribution in [3.05, 3.63) is 48.4 Å². The Morgan fingerprint density at radius 1 is 1.11 bits per heavy atom. The van der Waals surface area contributed by atoms with Crippen molar-refractivity contribution < 1.29 is 0 Å². The van der Waals surface area contributed by atoms with E-state index in [0.29, 0.717) is 6.54 Å². The molecule has 5 rings (SSSR count). The van der Waals surface area contributed by atoms with E-state index < -0.39 is 0 Å². The minimum absolute atomic E-state index is 0.247. The molecule has 1 aliphatic heterocycles. The van der Waals surface area contributed by atoms with Crippen LogP contribution in [-0.2, 0) is 6.54 Å². The van der Waals surface area contributed by atoms with Crippen LogP contribution in [0.1, 0.15) is 38.3 Å². The van der Waals surface area contributed by atoms with Gasteiger partial charge in [0.15, 0.2) is 17.0 Å². The van der Waals surface area contributed by atoms with Crippen LogP contribution >= 0.6 is 0 Å². The Hall–Kier alpha value is -3.66. The quantitative estimate of drug-likeness (QED) is 0.421. The largest absolute Gasteiger partial charge is 0.364 e. The van der Waals surface area contributed by atoms with Gasteiger partial charge in [-0.1, -0.05) is 18.2 Å². The molecule has 184 valence electrons. The number of hydrogen-bond donors (Lipinski definition) is 2. The lowest BCUT2D eigenvalue weighted by atomic mass is 10.1. The first-order valence-electron chi connectivity index (χ1n) is 12.2. The molecule has 0 saturated carbocycles. The van der Waals surface area contributed by atoms with Gasteiger partial charge in [0, 0.05) is 58.1 Å². The van der Waals surface area contributed by atoms with E-state index in [9.17, 15) is 0 Å². The van der Waals surface area contributed by atoms with E-state index in [1.54, 1.807) is 0 Å². The van der Waals surface area contributed by atoms with Gasteiger partial charge in [0.1, 0.15) is 5.82 Å². The average Bonchev–Trinajstić information content (AvgIpc) is 3.51. The molecule has 0 aliphatic carbocycles. The second-order valence-corrected chi connectivity index (χ2v) is 9.61. The summed E-state index contributed by atoms with van der Waals surface area (Å²) in [6.45, 7) is 6.57. The first-order valence-corrected chi connectivity index (χ1v) is 12.2. The number of anilines is 3. The molecular formula is C25H34N10. The highest BCUT2D eigenvalue weighted by Gasteiger charge is 2.22. The molecule has 1 aromatic carbocycles. The number of nitrogens with two attached hydrogens (primary N) is 1. The number of para-hydroxylation sites is 1. The molecule has 10 heteroatoms. The molecule has 0 radical (unpaired) electrons. The van der Waals surface area contributed by atoms with Gasteiger partial charge in [-0.15, -0.1) is 0 Å². The summed E-state index contributed by atoms with van der Waals surface area (Å²) in [4.78, 5) is 18.7. The molecule has 3 aromatic heterocycles. The lowest BCUT2D eigenvalue weighted by Gasteiger charge is -2.30. The fourth-order valence-corrected chi connectivity index (χ4v) is 4.40. The number of nitrogens with one attached hydrogen (secondary N) is 1. The van der Waals surface area contributed by atoms with Gasteiger partial charge in [0.05, 0.1) is 12.0 Å². The standard InChI is InChI=1S/C25H34N10/c1-17(2)34-16-28-22-23(29-25(30-24(22)34)33-12-9-19(26)10-13-33)27-15-18-7-5-6-8-20(18)35-14-11-21(31-35)32(3)4/h5-8,11,14,16-17,19H,9-10,12-13,15,26H2,1-4H3,(H,27,29,30). The van der Waals surface area contributed by atoms with Crippen molar-refractivity contribution in [2.24, 2.45) is 5.73 Å². The van der Waals surface area contributed by atoms with Crippen molar-refractivity contribution >= 4 is 28.7 Å². The summed E-state index contributed by atoms with van der Waals surface area (Å²) in [5.41, 5.74) is 9.89. The summed E-state index contributed by atoms with van der Waals surface area (Å²) < 4.78 is 4.01. The number of rotatable bonds is 7. The molecule has 10 nitrogen and oxygen atoms in total. The zero-order valence-corrected chi connectivity index (χ0v) is 20.9. The number of fused-ring (bicyclic) bond motifs is 1. The van der Waals surface area contributed by atoms with Crippen LogP contribution in [0, 0.1) is 0 Å². The molecule has 4 aromatic rings. The molecule has 4 heterocycles. The predicted molar refractivity (Wildman–Crippen MR) is 140 cm³/mol. The van der Waals surface area contributed by atoms with Gasteiger partial charge < -0.3 is 25.4 Å². The Kier molecular flexibility index (Phi) is 6.29. The van der Waals surface area contributed by atoms with Gasteiger partial charge >= 0.3 is 0 Å². The van der Waals surface area contributed by atoms with Gasteiger partial charge in [0.25, 0.3) is 0 Å². The van der Waals surface area contributed by atoms with Crippen molar-refractivity contribution in [1.82, 2.24) is 29.3 Å². The maximum absolute atomic E-state index is 6.13. The van der Waals surface area contributed by atoms with Crippen LogP contribution in [0.15, 0.2) is 42.9 Å². The van der Waals surface area contributed by atoms with Crippen LogP contribution in [0.5, 0.6) is 0 Å². The Balaban J connectivity index is 1.47. The average molecular weight is 475 g/mol. The highest BCUT2D eigenvalue weighted by molar-refractivity contribution is 5.84. The van der Waals surface area contributed by atoms with E-state index in [0.717, 1.165) is 65.9 Å². The maximum Gasteiger partial charge on any atom is 0.229 e. The number of piperidine rings is 1. The highest BCUT2D eigenvalue weighted by Crippen LogP contribution is 2.27. The Bertz CT molecular complexity index is 1300. The number of hydrogen-bond acceptors (Lipinski definition) is 8. The lowest BCUT2D eigenvalue weighted by Crippen LogP contribution is -2.40. The van der Waals surface area contributed by atoms with Crippen LogP contribution in [0.4, 0.5) is 17.6 Å². The lowest BCUT2D eigenvalue weighted by molar-refractivity contribution is 0.495. The van der Waals surface area contributed by atoms with Gasteiger partial charge in [-0.3, -0.25) is 0 Å². The topological polar surface area (TPSA) is 106 Å². The Morgan fingerprint density at radius 2 is 1.89 bits per heavy atom. The molecule has 1 saturated heterocycles. The van der Waals surface area contributed by atoms with E-state index >= 15 is 0 Å². The first-order chi connectivity index (χ1) is 16.9. The zero-order valence-electron chi connectivity index (χ0n) is 20.9. The molecule has 0 spiro atoms. The number of benzene rings is 1. The van der Waals surface area contributed by atoms with E-state index in [4.69, 9.17) is 20.8 Å². The summed E-state index contributed by atoms with van der Waals surface area (Å²) in [5, 5.41) is 8.26. The van der Waals surface area contributed by atoms with Gasteiger partial charge in [-0.2, -0.15) is 15.1 Å². The minimum atomic E-state index is 0.247. The summed E-state index contributed by atoms with van der Waals surface area (Å²) in [6, 6.07) is 10.8. The van der Waals surface area contributed by atoms with Crippen LogP contribution < -0.4 is 20.9 Å². The predicted octanol–water partition coefficient (Wildman–Crippen LogP) is 3.20. The van der Waals surface area contributed by atoms with Crippen molar-refractivity contribution in [1.29, 1.82) is 0 Å². The van der Waals surface area contributed by atoms with E-state index in [-0.39, 0.29) is 12.1 Å². The van der Waals surface area contributed by atoms with Crippen LogP contribution in [0.3, 0.4) is 0 Å². The van der Waals surface area contributed by atoms with Gasteiger partial charge in [0.2, 0.25) is 5.95 Å². The van der Waals surface area contributed by atoms with Crippen LogP contribution in [0.25, 0.3) is 16.9 Å². The molecule has 0 unspecified atom stereocenters. The van der Waals surface area contributed by atoms with E-state index in [2.05, 4.69) is 45.7 Å². The van der Waals surface area contributed by atoms with Crippen molar-refractivity contribution in [2.45, 2.75) is 45.3 Å². The minimum Gasteiger partial charge on any atom is -0.364 e. The monoisotopic (exact) mass is 474 g/mol. The van der Waals surface area contributed by atoms with Crippen LogP contribution in [-0.4, -0.2) is 62.5 Å². The highest BCUT2D eigenvalue weighted by atomic mass is 15.3. The third-order valence-corrected chi connectivity index (χ3v) is 6.51. The fraction of sp³-hybridized carbons (Fsp3) is 0.440. The van der Waals surface area contributed by atoms with E-state index in [1.807, 2.05) is 54.4 Å². The molecular weight excluding hydrogens is 440 g/mol. The SMILES string of the molecule is CC(C)n1cnc2c(NCc3ccccc3-n3ccc(N(C)C)n3)nc(N3CCC(N)CC3)nc21. The third kappa shape index (κ3) is 4.66. The summed E-state index contributed by atoms with van der Waals surface area (Å²) in [6.07, 6.45) is 5.73. The third-order valence-electron chi connectivity index (χ3n) is 6.51. The molecule has 35 heavy (non-hydrogen) atoms. The number of imidazole rings is 1. The Morgan fingerprint density at radius 3 is 2.60 bits per heavy atom. The fourth-order valence-electron chi connectivity index (χ4n) is 4.40. The molecule has 1 fully saturated rings. The van der Waals surface area contributed by atoms with Crippen molar-refractivity contribution in [3.63, 3.8) is 0 Å². The van der Waals surface area contributed by atoms with Crippen molar-refractivity contribution in [2.75, 3.05) is 42.3 Å². The molecule has 0 atom stereocenters. The van der Waals surface area contributed by atoms with Gasteiger partial charge in [-0.05, 0) is 38.3 Å². The van der Waals surface area contributed by atoms with E-state index in [1.165, 1.54) is 0 Å². The second-order valence-electron chi connectivity index (χ2n) is 9.61. The summed E-state index contributed by atoms with van der Waals surface area (Å²) in [5.74, 6) is 2.38. The number of nitrogens with zero attached hydrogens (tertiary/aromatic N) is 8. The Labute approximate surface area is 205 Å². The summed E-state index contributed by atoms with van der Waals surface area (Å²) >= 11 is 0. The smallest absolute Gasteiger partial charge is 0.229 e. The molecule has 0 amide bonds.